The molecule has 0 unspecified atom stereocenters. The summed E-state index contributed by atoms with van der Waals surface area (Å²) in [6.07, 6.45) is 5.77. The Labute approximate surface area is 171 Å². The fourth-order valence-electron chi connectivity index (χ4n) is 3.86. The molecule has 0 radical (unpaired) electrons. The minimum Gasteiger partial charge on any atom is -0.352 e. The predicted molar refractivity (Wildman–Crippen MR) is 110 cm³/mol. The van der Waals surface area contributed by atoms with Crippen LogP contribution < -0.4 is 10.6 Å². The normalized spacial score (nSPS) is 14.6. The lowest BCUT2D eigenvalue weighted by molar-refractivity contribution is -0.126. The van der Waals surface area contributed by atoms with Crippen LogP contribution in [0.2, 0.25) is 0 Å². The third kappa shape index (κ3) is 5.40. The summed E-state index contributed by atoms with van der Waals surface area (Å²) in [6, 6.07) is 2.15. The first kappa shape index (κ1) is 21.0. The Morgan fingerprint density at radius 2 is 1.69 bits per heavy atom. The molecular weight excluding hydrogens is 368 g/mol. The van der Waals surface area contributed by atoms with Crippen molar-refractivity contribution in [2.45, 2.75) is 72.3 Å². The predicted octanol–water partition coefficient (Wildman–Crippen LogP) is 2.00. The summed E-state index contributed by atoms with van der Waals surface area (Å²) in [5.74, 6) is 0.176. The van der Waals surface area contributed by atoms with E-state index in [-0.39, 0.29) is 30.8 Å². The average molecular weight is 399 g/mol. The van der Waals surface area contributed by atoms with Crippen LogP contribution in [-0.4, -0.2) is 44.1 Å². The molecule has 8 nitrogen and oxygen atoms in total. The lowest BCUT2D eigenvalue weighted by atomic mass is 9.95. The lowest BCUT2D eigenvalue weighted by Gasteiger charge is -2.22. The molecule has 8 heteroatoms. The highest BCUT2D eigenvalue weighted by Gasteiger charge is 2.19. The summed E-state index contributed by atoms with van der Waals surface area (Å²) in [5, 5.41) is 10.3. The van der Waals surface area contributed by atoms with Gasteiger partial charge in [0.25, 0.3) is 5.95 Å². The number of aromatic nitrogens is 4. The van der Waals surface area contributed by atoms with Gasteiger partial charge in [0.05, 0.1) is 18.7 Å². The van der Waals surface area contributed by atoms with Crippen molar-refractivity contribution >= 4 is 11.8 Å². The molecule has 1 saturated carbocycles. The van der Waals surface area contributed by atoms with Crippen molar-refractivity contribution in [3.05, 3.63) is 34.4 Å². The fourth-order valence-corrected chi connectivity index (χ4v) is 3.86. The van der Waals surface area contributed by atoms with E-state index >= 15 is 0 Å². The summed E-state index contributed by atoms with van der Waals surface area (Å²) in [6.45, 7) is 7.60. The van der Waals surface area contributed by atoms with E-state index in [1.165, 1.54) is 6.42 Å². The highest BCUT2D eigenvalue weighted by molar-refractivity contribution is 5.86. The van der Waals surface area contributed by atoms with Crippen LogP contribution in [0.15, 0.2) is 6.07 Å². The van der Waals surface area contributed by atoms with E-state index in [2.05, 4.69) is 25.7 Å². The van der Waals surface area contributed by atoms with E-state index < -0.39 is 0 Å². The highest BCUT2D eigenvalue weighted by atomic mass is 16.2. The van der Waals surface area contributed by atoms with Gasteiger partial charge < -0.3 is 10.6 Å². The second-order valence-corrected chi connectivity index (χ2v) is 7.87. The van der Waals surface area contributed by atoms with Crippen molar-refractivity contribution in [2.75, 3.05) is 6.54 Å². The Hall–Kier alpha value is -2.77. The number of rotatable bonds is 6. The second kappa shape index (κ2) is 9.15. The van der Waals surface area contributed by atoms with Crippen molar-refractivity contribution < 1.29 is 9.59 Å². The van der Waals surface area contributed by atoms with Crippen molar-refractivity contribution in [3.8, 4) is 5.95 Å². The first-order valence-electron chi connectivity index (χ1n) is 10.3. The van der Waals surface area contributed by atoms with Crippen LogP contribution >= 0.6 is 0 Å². The van der Waals surface area contributed by atoms with E-state index in [1.54, 1.807) is 4.68 Å². The molecule has 0 aromatic carbocycles. The summed E-state index contributed by atoms with van der Waals surface area (Å²) in [5.41, 5.74) is 4.14. The molecule has 2 aromatic rings. The lowest BCUT2D eigenvalue weighted by Crippen LogP contribution is -2.43. The summed E-state index contributed by atoms with van der Waals surface area (Å²) < 4.78 is 1.67. The molecule has 2 heterocycles. The first-order chi connectivity index (χ1) is 13.8. The van der Waals surface area contributed by atoms with Gasteiger partial charge in [-0.25, -0.2) is 14.6 Å². The Morgan fingerprint density at radius 1 is 1.03 bits per heavy atom. The zero-order valence-electron chi connectivity index (χ0n) is 17.7. The van der Waals surface area contributed by atoms with E-state index in [9.17, 15) is 9.59 Å². The molecule has 1 aliphatic carbocycles. The van der Waals surface area contributed by atoms with Gasteiger partial charge >= 0.3 is 0 Å². The number of carbonyl (C=O) groups is 2. The van der Waals surface area contributed by atoms with E-state index in [4.69, 9.17) is 0 Å². The van der Waals surface area contributed by atoms with E-state index in [0.29, 0.717) is 5.95 Å². The van der Waals surface area contributed by atoms with Gasteiger partial charge in [0, 0.05) is 28.7 Å². The molecule has 1 fully saturated rings. The number of amides is 2. The average Bonchev–Trinajstić information content (AvgIpc) is 2.95. The van der Waals surface area contributed by atoms with Gasteiger partial charge in [-0.05, 0) is 46.6 Å². The smallest absolute Gasteiger partial charge is 0.251 e. The Balaban J connectivity index is 1.60. The quantitative estimate of drug-likeness (QED) is 0.775. The number of aryl methyl sites for hydroxylation is 3. The summed E-state index contributed by atoms with van der Waals surface area (Å²) >= 11 is 0. The second-order valence-electron chi connectivity index (χ2n) is 7.87. The number of carbonyl (C=O) groups excluding carboxylic acids is 2. The van der Waals surface area contributed by atoms with Crippen LogP contribution in [0, 0.1) is 27.7 Å². The largest absolute Gasteiger partial charge is 0.352 e. The van der Waals surface area contributed by atoms with Crippen LogP contribution in [-0.2, 0) is 16.0 Å². The Kier molecular flexibility index (Phi) is 6.61. The summed E-state index contributed by atoms with van der Waals surface area (Å²) in [4.78, 5) is 33.4. The molecule has 1 aliphatic rings. The number of hydrogen-bond donors (Lipinski definition) is 2. The van der Waals surface area contributed by atoms with Crippen LogP contribution in [0.4, 0.5) is 0 Å². The minimum atomic E-state index is -0.198. The molecule has 3 rings (SSSR count). The van der Waals surface area contributed by atoms with Gasteiger partial charge in [0.1, 0.15) is 0 Å². The molecule has 0 saturated heterocycles. The number of nitrogens with zero attached hydrogens (tertiary/aromatic N) is 4. The van der Waals surface area contributed by atoms with Gasteiger partial charge in [0.2, 0.25) is 11.8 Å². The maximum absolute atomic E-state index is 12.4. The monoisotopic (exact) mass is 398 g/mol. The molecule has 0 atom stereocenters. The molecule has 0 bridgehead atoms. The fraction of sp³-hybridized carbons (Fsp3) is 0.571. The number of hydrogen-bond acceptors (Lipinski definition) is 5. The summed E-state index contributed by atoms with van der Waals surface area (Å²) in [7, 11) is 0. The topological polar surface area (TPSA) is 102 Å². The third-order valence-corrected chi connectivity index (χ3v) is 5.35. The first-order valence-corrected chi connectivity index (χ1v) is 10.3. The van der Waals surface area contributed by atoms with Crippen molar-refractivity contribution in [1.29, 1.82) is 0 Å². The van der Waals surface area contributed by atoms with E-state index in [0.717, 1.165) is 54.0 Å². The molecule has 2 amide bonds. The zero-order chi connectivity index (χ0) is 21.0. The van der Waals surface area contributed by atoms with Crippen LogP contribution in [0.3, 0.4) is 0 Å². The maximum Gasteiger partial charge on any atom is 0.251 e. The van der Waals surface area contributed by atoms with Crippen molar-refractivity contribution in [2.24, 2.45) is 0 Å². The molecule has 29 heavy (non-hydrogen) atoms. The van der Waals surface area contributed by atoms with Gasteiger partial charge in [-0.3, -0.25) is 9.59 Å². The maximum atomic E-state index is 12.4. The molecule has 2 aromatic heterocycles. The third-order valence-electron chi connectivity index (χ3n) is 5.35. The van der Waals surface area contributed by atoms with Gasteiger partial charge in [0.15, 0.2) is 0 Å². The van der Waals surface area contributed by atoms with Crippen LogP contribution in [0.25, 0.3) is 5.95 Å². The van der Waals surface area contributed by atoms with E-state index in [1.807, 2.05) is 33.8 Å². The van der Waals surface area contributed by atoms with Gasteiger partial charge in [-0.15, -0.1) is 0 Å². The van der Waals surface area contributed by atoms with Gasteiger partial charge in [-0.1, -0.05) is 19.3 Å². The van der Waals surface area contributed by atoms with Crippen LogP contribution in [0.5, 0.6) is 0 Å². The molecule has 0 aliphatic heterocycles. The minimum absolute atomic E-state index is 0.00174. The zero-order valence-corrected chi connectivity index (χ0v) is 17.7. The molecule has 2 N–H and O–H groups in total. The Bertz CT molecular complexity index is 879. The molecule has 156 valence electrons. The number of nitrogens with one attached hydrogen (secondary N) is 2. The van der Waals surface area contributed by atoms with Gasteiger partial charge in [-0.2, -0.15) is 5.10 Å². The Morgan fingerprint density at radius 3 is 2.34 bits per heavy atom. The standard InChI is InChI=1S/C21H30N6O2/c1-13-10-14(2)24-21(23-13)27-16(4)18(15(3)26-27)11-19(28)22-12-20(29)25-17-8-6-5-7-9-17/h10,17H,5-9,11-12H2,1-4H3,(H,22,28)(H,25,29). The van der Waals surface area contributed by atoms with Crippen molar-refractivity contribution in [3.63, 3.8) is 0 Å². The molecule has 0 spiro atoms. The molecular formula is C21H30N6O2. The van der Waals surface area contributed by atoms with Crippen molar-refractivity contribution in [1.82, 2.24) is 30.4 Å². The van der Waals surface area contributed by atoms with Crippen LogP contribution in [0.1, 0.15) is 60.4 Å². The SMILES string of the molecule is Cc1cc(C)nc(-n2nc(C)c(CC(=O)NCC(=O)NC3CCCCC3)c2C)n1. The highest BCUT2D eigenvalue weighted by Crippen LogP contribution is 2.18.